The molecule has 122 valence electrons. The molecule has 0 aromatic carbocycles. The van der Waals surface area contributed by atoms with Crippen molar-refractivity contribution in [1.82, 2.24) is 0 Å². The van der Waals surface area contributed by atoms with Gasteiger partial charge in [-0.1, -0.05) is 13.8 Å². The largest absolute Gasteiger partial charge is 0.633 e. The van der Waals surface area contributed by atoms with Crippen LogP contribution in [0.3, 0.4) is 0 Å². The van der Waals surface area contributed by atoms with E-state index < -0.39 is 23.6 Å². The van der Waals surface area contributed by atoms with Crippen LogP contribution in [-0.2, 0) is 9.53 Å². The Bertz CT molecular complexity index is 390. The van der Waals surface area contributed by atoms with Crippen LogP contribution >= 0.6 is 0 Å². The predicted molar refractivity (Wildman–Crippen MR) is 76.9 cm³/mol. The van der Waals surface area contributed by atoms with E-state index in [0.29, 0.717) is 13.1 Å². The molecule has 0 unspecified atom stereocenters. The highest BCUT2D eigenvalue weighted by Crippen LogP contribution is 2.39. The predicted octanol–water partition coefficient (Wildman–Crippen LogP) is 0.794. The van der Waals surface area contributed by atoms with Crippen molar-refractivity contribution < 1.29 is 24.4 Å². The van der Waals surface area contributed by atoms with Crippen LogP contribution in [-0.4, -0.2) is 58.3 Å². The minimum absolute atomic E-state index is 0.0245. The maximum absolute atomic E-state index is 12.4. The average molecular weight is 301 g/mol. The first-order chi connectivity index (χ1) is 9.71. The van der Waals surface area contributed by atoms with Gasteiger partial charge in [-0.25, -0.2) is 4.79 Å². The molecular formula is C15H27NO5. The molecule has 0 spiro atoms. The van der Waals surface area contributed by atoms with Gasteiger partial charge in [-0.2, -0.15) is 0 Å². The molecule has 2 saturated heterocycles. The van der Waals surface area contributed by atoms with Gasteiger partial charge >= 0.3 is 5.97 Å². The van der Waals surface area contributed by atoms with Crippen molar-refractivity contribution in [1.29, 1.82) is 0 Å². The number of quaternary nitrogens is 1. The zero-order valence-corrected chi connectivity index (χ0v) is 13.1. The van der Waals surface area contributed by atoms with Gasteiger partial charge in [-0.15, -0.1) is 0 Å². The third-order valence-electron chi connectivity index (χ3n) is 5.34. The number of aliphatic hydroxyl groups excluding tert-OH is 1. The van der Waals surface area contributed by atoms with Crippen LogP contribution in [0.25, 0.3) is 0 Å². The molecule has 2 heterocycles. The first kappa shape index (κ1) is 16.7. The standard InChI is InChI=1S/C15H27NO5/c1-10(2)15(19,11(3)17)14(18)21-9-12-6-8-16(20)7-4-5-13(12)16/h10-13,17,19H,4-9H2,1-3H3/t11-,12+,13+,15+,16-/m1/s1. The monoisotopic (exact) mass is 301 g/mol. The molecule has 0 aromatic rings. The van der Waals surface area contributed by atoms with E-state index in [0.717, 1.165) is 19.3 Å². The van der Waals surface area contributed by atoms with Crippen LogP contribution in [0.4, 0.5) is 0 Å². The number of ether oxygens (including phenoxy) is 1. The van der Waals surface area contributed by atoms with E-state index in [1.807, 2.05) is 0 Å². The van der Waals surface area contributed by atoms with Gasteiger partial charge in [0.1, 0.15) is 6.61 Å². The van der Waals surface area contributed by atoms with Crippen LogP contribution < -0.4 is 0 Å². The highest BCUT2D eigenvalue weighted by atomic mass is 16.6. The summed E-state index contributed by atoms with van der Waals surface area (Å²) in [6, 6.07) is 0.0245. The molecule has 2 aliphatic heterocycles. The van der Waals surface area contributed by atoms with Crippen molar-refractivity contribution in [2.75, 3.05) is 19.7 Å². The minimum atomic E-state index is -1.89. The van der Waals surface area contributed by atoms with Crippen LogP contribution in [0.2, 0.25) is 0 Å². The van der Waals surface area contributed by atoms with Crippen molar-refractivity contribution in [2.45, 2.75) is 57.8 Å². The first-order valence-electron chi connectivity index (χ1n) is 7.87. The summed E-state index contributed by atoms with van der Waals surface area (Å²) in [5.41, 5.74) is -1.89. The Labute approximate surface area is 125 Å². The Morgan fingerprint density at radius 3 is 2.62 bits per heavy atom. The summed E-state index contributed by atoms with van der Waals surface area (Å²) in [5.74, 6) is -1.17. The van der Waals surface area contributed by atoms with Crippen LogP contribution in [0.1, 0.15) is 40.0 Å². The highest BCUT2D eigenvalue weighted by Gasteiger charge is 2.49. The van der Waals surface area contributed by atoms with Crippen molar-refractivity contribution in [2.24, 2.45) is 11.8 Å². The minimum Gasteiger partial charge on any atom is -0.633 e. The van der Waals surface area contributed by atoms with E-state index in [1.165, 1.54) is 6.92 Å². The molecule has 0 radical (unpaired) electrons. The zero-order chi connectivity index (χ0) is 15.8. The molecule has 0 aliphatic carbocycles. The SMILES string of the molecule is CC(C)[C@@](O)(C(=O)OC[C@@H]1CC[N@+]2([O-])CCC[C@@H]12)[C@@H](C)O. The maximum Gasteiger partial charge on any atom is 0.341 e. The number of aliphatic hydroxyl groups is 2. The number of hydroxylamine groups is 3. The van der Waals surface area contributed by atoms with Gasteiger partial charge in [0.15, 0.2) is 5.60 Å². The Hall–Kier alpha value is -0.690. The highest BCUT2D eigenvalue weighted by molar-refractivity contribution is 5.80. The van der Waals surface area contributed by atoms with E-state index in [4.69, 9.17) is 4.74 Å². The van der Waals surface area contributed by atoms with Gasteiger partial charge in [0, 0.05) is 19.3 Å². The lowest BCUT2D eigenvalue weighted by molar-refractivity contribution is -0.881. The molecule has 2 aliphatic rings. The molecule has 6 heteroatoms. The van der Waals surface area contributed by atoms with Crippen molar-refractivity contribution >= 4 is 5.97 Å². The fraction of sp³-hybridized carbons (Fsp3) is 0.933. The Balaban J connectivity index is 1.95. The lowest BCUT2D eigenvalue weighted by Gasteiger charge is -2.40. The Morgan fingerprint density at radius 1 is 1.38 bits per heavy atom. The molecule has 2 fully saturated rings. The third kappa shape index (κ3) is 2.82. The van der Waals surface area contributed by atoms with Gasteiger partial charge in [-0.05, 0) is 12.8 Å². The second-order valence-electron chi connectivity index (χ2n) is 6.91. The summed E-state index contributed by atoms with van der Waals surface area (Å²) in [7, 11) is 0. The van der Waals surface area contributed by atoms with E-state index in [2.05, 4.69) is 0 Å². The molecule has 0 saturated carbocycles. The molecular weight excluding hydrogens is 274 g/mol. The molecule has 0 bridgehead atoms. The first-order valence-corrected chi connectivity index (χ1v) is 7.87. The number of esters is 1. The number of carbonyl (C=O) groups is 1. The van der Waals surface area contributed by atoms with Crippen LogP contribution in [0, 0.1) is 17.0 Å². The second kappa shape index (κ2) is 5.83. The average Bonchev–Trinajstić information content (AvgIpc) is 2.91. The van der Waals surface area contributed by atoms with Crippen molar-refractivity contribution in [3.05, 3.63) is 5.21 Å². The number of fused-ring (bicyclic) bond motifs is 1. The smallest absolute Gasteiger partial charge is 0.341 e. The van der Waals surface area contributed by atoms with Crippen molar-refractivity contribution in [3.63, 3.8) is 0 Å². The lowest BCUT2D eigenvalue weighted by Crippen LogP contribution is -2.53. The van der Waals surface area contributed by atoms with Gasteiger partial charge in [0.05, 0.1) is 31.2 Å². The van der Waals surface area contributed by atoms with Crippen LogP contribution in [0.5, 0.6) is 0 Å². The van der Waals surface area contributed by atoms with Gasteiger partial charge in [0.2, 0.25) is 0 Å². The summed E-state index contributed by atoms with van der Waals surface area (Å²) < 4.78 is 5.12. The second-order valence-corrected chi connectivity index (χ2v) is 6.91. The number of nitrogens with zero attached hydrogens (tertiary/aromatic N) is 1. The molecule has 21 heavy (non-hydrogen) atoms. The molecule has 5 atom stereocenters. The maximum atomic E-state index is 12.4. The topological polar surface area (TPSA) is 89.8 Å². The van der Waals surface area contributed by atoms with Crippen LogP contribution in [0.15, 0.2) is 0 Å². The van der Waals surface area contributed by atoms with Crippen molar-refractivity contribution in [3.8, 4) is 0 Å². The van der Waals surface area contributed by atoms with Gasteiger partial charge in [0.25, 0.3) is 0 Å². The fourth-order valence-electron chi connectivity index (χ4n) is 3.82. The summed E-state index contributed by atoms with van der Waals surface area (Å²) in [5, 5.41) is 32.5. The number of carbonyl (C=O) groups excluding carboxylic acids is 1. The fourth-order valence-corrected chi connectivity index (χ4v) is 3.82. The number of hydrogen-bond donors (Lipinski definition) is 2. The van der Waals surface area contributed by atoms with E-state index in [-0.39, 0.29) is 23.2 Å². The molecule has 6 nitrogen and oxygen atoms in total. The quantitative estimate of drug-likeness (QED) is 0.445. The lowest BCUT2D eigenvalue weighted by atomic mass is 9.85. The zero-order valence-electron chi connectivity index (χ0n) is 13.1. The van der Waals surface area contributed by atoms with E-state index in [1.54, 1.807) is 13.8 Å². The normalized spacial score (nSPS) is 36.3. The Kier molecular flexibility index (Phi) is 4.63. The summed E-state index contributed by atoms with van der Waals surface area (Å²) in [6.07, 6.45) is 1.38. The Morgan fingerprint density at radius 2 is 2.05 bits per heavy atom. The molecule has 0 amide bonds. The third-order valence-corrected chi connectivity index (χ3v) is 5.34. The molecule has 2 rings (SSSR count). The van der Waals surface area contributed by atoms with Gasteiger partial charge < -0.3 is 24.8 Å². The molecule has 2 N–H and O–H groups in total. The number of rotatable bonds is 5. The summed E-state index contributed by atoms with van der Waals surface area (Å²) >= 11 is 0. The van der Waals surface area contributed by atoms with Gasteiger partial charge in [-0.3, -0.25) is 0 Å². The van der Waals surface area contributed by atoms with E-state index in [9.17, 15) is 20.2 Å². The molecule has 0 aromatic heterocycles. The van der Waals surface area contributed by atoms with E-state index >= 15 is 0 Å². The number of hydrogen-bond acceptors (Lipinski definition) is 5. The summed E-state index contributed by atoms with van der Waals surface area (Å²) in [4.78, 5) is 12.2. The summed E-state index contributed by atoms with van der Waals surface area (Å²) in [6.45, 7) is 6.14.